The Bertz CT molecular complexity index is 1320. The molecule has 8 nitrogen and oxygen atoms in total. The molecule has 3 aromatic rings. The summed E-state index contributed by atoms with van der Waals surface area (Å²) < 4.78 is 42.3. The van der Waals surface area contributed by atoms with E-state index in [0.29, 0.717) is 23.8 Å². The van der Waals surface area contributed by atoms with Crippen molar-refractivity contribution in [1.82, 2.24) is 10.3 Å². The minimum Gasteiger partial charge on any atom is -0.368 e. The van der Waals surface area contributed by atoms with E-state index in [-0.39, 0.29) is 28.5 Å². The SMILES string of the molecule is CC(=O)NC1CCN(c2cc(Cl)ccc2Nc2cc(F)c(S(=O)(=O)Nc3cscn3)cc2Cl)C1. The molecule has 2 aromatic carbocycles. The van der Waals surface area contributed by atoms with Crippen molar-refractivity contribution in [3.63, 3.8) is 0 Å². The molecule has 2 heterocycles. The van der Waals surface area contributed by atoms with Crippen LogP contribution in [0.5, 0.6) is 0 Å². The first kappa shape index (κ1) is 24.5. The van der Waals surface area contributed by atoms with Crippen LogP contribution in [-0.4, -0.2) is 38.4 Å². The zero-order chi connectivity index (χ0) is 24.5. The van der Waals surface area contributed by atoms with Gasteiger partial charge in [-0.3, -0.25) is 9.52 Å². The molecule has 0 spiro atoms. The Morgan fingerprint density at radius 3 is 2.74 bits per heavy atom. The molecule has 0 aliphatic carbocycles. The van der Waals surface area contributed by atoms with Crippen LogP contribution in [0.1, 0.15) is 13.3 Å². The molecule has 1 fully saturated rings. The fourth-order valence-electron chi connectivity index (χ4n) is 3.69. The van der Waals surface area contributed by atoms with Crippen LogP contribution >= 0.6 is 34.5 Å². The summed E-state index contributed by atoms with van der Waals surface area (Å²) >= 11 is 13.8. The number of hydrogen-bond donors (Lipinski definition) is 3. The zero-order valence-electron chi connectivity index (χ0n) is 17.8. The van der Waals surface area contributed by atoms with Crippen LogP contribution in [0.15, 0.2) is 46.1 Å². The number of benzene rings is 2. The molecule has 0 bridgehead atoms. The molecule has 1 unspecified atom stereocenters. The maximum Gasteiger partial charge on any atom is 0.266 e. The molecular weight excluding hydrogens is 524 g/mol. The number of rotatable bonds is 7. The van der Waals surface area contributed by atoms with Crippen LogP contribution in [-0.2, 0) is 14.8 Å². The summed E-state index contributed by atoms with van der Waals surface area (Å²) in [5, 5.41) is 8.00. The second-order valence-corrected chi connectivity index (χ2v) is 10.9. The van der Waals surface area contributed by atoms with Gasteiger partial charge in [-0.2, -0.15) is 0 Å². The summed E-state index contributed by atoms with van der Waals surface area (Å²) in [5.74, 6) is -0.980. The van der Waals surface area contributed by atoms with Crippen LogP contribution in [0.2, 0.25) is 10.0 Å². The molecule has 1 aromatic heterocycles. The van der Waals surface area contributed by atoms with Gasteiger partial charge < -0.3 is 15.5 Å². The van der Waals surface area contributed by atoms with E-state index in [1.54, 1.807) is 18.2 Å². The average Bonchev–Trinajstić information content (AvgIpc) is 3.43. The Kier molecular flexibility index (Phi) is 7.17. The normalized spacial score (nSPS) is 15.9. The van der Waals surface area contributed by atoms with Crippen molar-refractivity contribution in [3.05, 3.63) is 57.1 Å². The molecule has 1 amide bonds. The molecular formula is C21H20Cl2FN5O3S2. The van der Waals surface area contributed by atoms with Gasteiger partial charge in [0.25, 0.3) is 10.0 Å². The lowest BCUT2D eigenvalue weighted by molar-refractivity contribution is -0.119. The molecule has 34 heavy (non-hydrogen) atoms. The predicted octanol–water partition coefficient (Wildman–Crippen LogP) is 4.85. The number of amides is 1. The zero-order valence-corrected chi connectivity index (χ0v) is 21.0. The number of anilines is 4. The molecule has 1 aliphatic heterocycles. The predicted molar refractivity (Wildman–Crippen MR) is 134 cm³/mol. The number of sulfonamides is 1. The molecule has 0 saturated carbocycles. The van der Waals surface area contributed by atoms with E-state index in [1.165, 1.54) is 29.2 Å². The van der Waals surface area contributed by atoms with Crippen molar-refractivity contribution in [3.8, 4) is 0 Å². The lowest BCUT2D eigenvalue weighted by atomic mass is 10.2. The molecule has 1 saturated heterocycles. The van der Waals surface area contributed by atoms with Crippen molar-refractivity contribution in [2.24, 2.45) is 0 Å². The van der Waals surface area contributed by atoms with Gasteiger partial charge in [0.15, 0.2) is 5.82 Å². The van der Waals surface area contributed by atoms with E-state index in [4.69, 9.17) is 23.2 Å². The minimum atomic E-state index is -4.22. The van der Waals surface area contributed by atoms with E-state index in [1.807, 2.05) is 0 Å². The maximum atomic E-state index is 14.9. The first-order valence-corrected chi connectivity index (χ1v) is 13.3. The van der Waals surface area contributed by atoms with Crippen LogP contribution in [0, 0.1) is 5.82 Å². The number of carbonyl (C=O) groups excluding carboxylic acids is 1. The minimum absolute atomic E-state index is 0.0000658. The van der Waals surface area contributed by atoms with Crippen LogP contribution < -0.4 is 20.3 Å². The van der Waals surface area contributed by atoms with E-state index in [9.17, 15) is 17.6 Å². The number of nitrogens with zero attached hydrogens (tertiary/aromatic N) is 2. The van der Waals surface area contributed by atoms with Crippen molar-refractivity contribution >= 4 is 73.3 Å². The summed E-state index contributed by atoms with van der Waals surface area (Å²) in [6, 6.07) is 7.25. The van der Waals surface area contributed by atoms with Gasteiger partial charge in [0.05, 0.1) is 27.6 Å². The number of hydrogen-bond acceptors (Lipinski definition) is 7. The maximum absolute atomic E-state index is 14.9. The highest BCUT2D eigenvalue weighted by atomic mass is 35.5. The molecule has 13 heteroatoms. The molecule has 4 rings (SSSR count). The van der Waals surface area contributed by atoms with E-state index >= 15 is 0 Å². The van der Waals surface area contributed by atoms with Crippen molar-refractivity contribution < 1.29 is 17.6 Å². The van der Waals surface area contributed by atoms with E-state index in [2.05, 4.69) is 25.2 Å². The summed E-state index contributed by atoms with van der Waals surface area (Å²) in [4.78, 5) is 16.7. The van der Waals surface area contributed by atoms with E-state index in [0.717, 1.165) is 24.2 Å². The van der Waals surface area contributed by atoms with Crippen LogP contribution in [0.4, 0.5) is 27.3 Å². The Labute approximate surface area is 210 Å². The average molecular weight is 544 g/mol. The molecule has 1 atom stereocenters. The van der Waals surface area contributed by atoms with Gasteiger partial charge in [-0.1, -0.05) is 23.2 Å². The first-order valence-electron chi connectivity index (χ1n) is 10.1. The van der Waals surface area contributed by atoms with Gasteiger partial charge in [0.1, 0.15) is 10.7 Å². The Hall–Kier alpha value is -2.60. The summed E-state index contributed by atoms with van der Waals surface area (Å²) in [6.45, 7) is 2.74. The van der Waals surface area contributed by atoms with Gasteiger partial charge in [-0.05, 0) is 30.7 Å². The second-order valence-electron chi connectivity index (χ2n) is 7.66. The summed E-state index contributed by atoms with van der Waals surface area (Å²) in [7, 11) is -4.22. The third kappa shape index (κ3) is 5.54. The number of thiazole rings is 1. The summed E-state index contributed by atoms with van der Waals surface area (Å²) in [5.41, 5.74) is 2.99. The van der Waals surface area contributed by atoms with Crippen molar-refractivity contribution in [2.75, 3.05) is 28.0 Å². The Balaban J connectivity index is 1.60. The van der Waals surface area contributed by atoms with E-state index < -0.39 is 20.7 Å². The number of carbonyl (C=O) groups is 1. The largest absolute Gasteiger partial charge is 0.368 e. The highest BCUT2D eigenvalue weighted by Gasteiger charge is 2.26. The van der Waals surface area contributed by atoms with Gasteiger partial charge in [0.2, 0.25) is 5.91 Å². The molecule has 0 radical (unpaired) electrons. The second kappa shape index (κ2) is 9.95. The molecule has 180 valence electrons. The van der Waals surface area contributed by atoms with Crippen LogP contribution in [0.3, 0.4) is 0 Å². The van der Waals surface area contributed by atoms with Gasteiger partial charge in [0, 0.05) is 42.5 Å². The van der Waals surface area contributed by atoms with Gasteiger partial charge >= 0.3 is 0 Å². The van der Waals surface area contributed by atoms with Gasteiger partial charge in [-0.15, -0.1) is 11.3 Å². The third-order valence-electron chi connectivity index (χ3n) is 5.15. The number of aromatic nitrogens is 1. The molecule has 1 aliphatic rings. The summed E-state index contributed by atoms with van der Waals surface area (Å²) in [6.07, 6.45) is 0.763. The fourth-order valence-corrected chi connectivity index (χ4v) is 5.77. The van der Waals surface area contributed by atoms with Gasteiger partial charge in [-0.25, -0.2) is 17.8 Å². The van der Waals surface area contributed by atoms with Crippen LogP contribution in [0.25, 0.3) is 0 Å². The number of nitrogens with one attached hydrogen (secondary N) is 3. The topological polar surface area (TPSA) is 103 Å². The lowest BCUT2D eigenvalue weighted by Crippen LogP contribution is -2.35. The molecule has 3 N–H and O–H groups in total. The quantitative estimate of drug-likeness (QED) is 0.393. The highest BCUT2D eigenvalue weighted by Crippen LogP contribution is 2.37. The monoisotopic (exact) mass is 543 g/mol. The van der Waals surface area contributed by atoms with Crippen molar-refractivity contribution in [1.29, 1.82) is 0 Å². The number of halogens is 3. The third-order valence-corrected chi connectivity index (χ3v) is 7.65. The Morgan fingerprint density at radius 2 is 2.03 bits per heavy atom. The standard InChI is InChI=1S/C21H20Cl2FN5O3S2/c1-12(30)26-14-4-5-29(9-14)19-6-13(22)2-3-17(19)27-18-8-16(24)20(7-15(18)23)34(31,32)28-21-10-33-11-25-21/h2-3,6-8,10-11,14,27-28H,4-5,9H2,1H3,(H,26,30). The fraction of sp³-hybridized carbons (Fsp3) is 0.238. The smallest absolute Gasteiger partial charge is 0.266 e. The highest BCUT2D eigenvalue weighted by molar-refractivity contribution is 7.92. The lowest BCUT2D eigenvalue weighted by Gasteiger charge is -2.23. The Morgan fingerprint density at radius 1 is 1.24 bits per heavy atom. The van der Waals surface area contributed by atoms with Crippen molar-refractivity contribution in [2.45, 2.75) is 24.3 Å². The first-order chi connectivity index (χ1) is 16.1.